The molecule has 4 nitrogen and oxygen atoms in total. The van der Waals surface area contributed by atoms with E-state index in [0.29, 0.717) is 12.5 Å². The Morgan fingerprint density at radius 3 is 2.54 bits per heavy atom. The van der Waals surface area contributed by atoms with Crippen molar-refractivity contribution < 1.29 is 9.53 Å². The lowest BCUT2D eigenvalue weighted by atomic mass is 9.90. The third kappa shape index (κ3) is 5.74. The first-order valence-corrected chi connectivity index (χ1v) is 9.23. The molecular formula is C22H26N2O2. The van der Waals surface area contributed by atoms with Crippen LogP contribution in [-0.4, -0.2) is 25.7 Å². The Hall–Kier alpha value is -2.59. The molecule has 1 aliphatic rings. The van der Waals surface area contributed by atoms with E-state index in [4.69, 9.17) is 4.74 Å². The first-order chi connectivity index (χ1) is 12.8. The molecule has 136 valence electrons. The topological polar surface area (TPSA) is 50.4 Å². The van der Waals surface area contributed by atoms with Gasteiger partial charge in [-0.3, -0.25) is 0 Å². The Bertz CT molecular complexity index is 705. The highest BCUT2D eigenvalue weighted by Gasteiger charge is 2.14. The first-order valence-electron chi connectivity index (χ1n) is 9.23. The second kappa shape index (κ2) is 9.78. The van der Waals surface area contributed by atoms with Crippen LogP contribution in [0, 0.1) is 0 Å². The molecule has 4 heteroatoms. The number of ether oxygens (including phenoxy) is 1. The van der Waals surface area contributed by atoms with E-state index in [1.165, 1.54) is 18.4 Å². The van der Waals surface area contributed by atoms with Gasteiger partial charge in [-0.2, -0.15) is 0 Å². The Morgan fingerprint density at radius 1 is 1.08 bits per heavy atom. The molecule has 1 saturated heterocycles. The number of rotatable bonds is 6. The van der Waals surface area contributed by atoms with Crippen molar-refractivity contribution in [2.45, 2.75) is 25.4 Å². The number of piperidine rings is 1. The molecule has 0 spiro atoms. The molecule has 1 amide bonds. The van der Waals surface area contributed by atoms with Crippen molar-refractivity contribution in [1.82, 2.24) is 10.6 Å². The fraction of sp³-hybridized carbons (Fsp3) is 0.318. The summed E-state index contributed by atoms with van der Waals surface area (Å²) >= 11 is 0. The summed E-state index contributed by atoms with van der Waals surface area (Å²) in [6.07, 6.45) is 5.97. The normalized spacial score (nSPS) is 15.1. The van der Waals surface area contributed by atoms with Gasteiger partial charge < -0.3 is 15.4 Å². The zero-order valence-electron chi connectivity index (χ0n) is 15.0. The number of carbonyl (C=O) groups is 1. The highest BCUT2D eigenvalue weighted by Crippen LogP contribution is 2.25. The highest BCUT2D eigenvalue weighted by molar-refractivity contribution is 5.67. The summed E-state index contributed by atoms with van der Waals surface area (Å²) in [5.74, 6) is 0.676. The van der Waals surface area contributed by atoms with E-state index >= 15 is 0 Å². The van der Waals surface area contributed by atoms with E-state index < -0.39 is 6.09 Å². The standard InChI is InChI=1S/C22H26N2O2/c25-22(26-17-19-5-2-1-3-6-19)24-14-4-7-18-8-10-20(11-9-18)21-12-15-23-16-13-21/h1-11,21,23H,12-17H2,(H,24,25). The van der Waals surface area contributed by atoms with E-state index in [-0.39, 0.29) is 6.61 Å². The number of alkyl carbamates (subject to hydrolysis) is 1. The van der Waals surface area contributed by atoms with Gasteiger partial charge in [0.2, 0.25) is 0 Å². The predicted octanol–water partition coefficient (Wildman–Crippen LogP) is 4.09. The fourth-order valence-electron chi connectivity index (χ4n) is 3.15. The van der Waals surface area contributed by atoms with E-state index in [2.05, 4.69) is 34.9 Å². The van der Waals surface area contributed by atoms with Gasteiger partial charge in [0.05, 0.1) is 0 Å². The highest BCUT2D eigenvalue weighted by atomic mass is 16.5. The molecule has 0 saturated carbocycles. The van der Waals surface area contributed by atoms with Crippen LogP contribution in [0.15, 0.2) is 60.7 Å². The molecule has 0 bridgehead atoms. The van der Waals surface area contributed by atoms with E-state index in [1.54, 1.807) is 0 Å². The summed E-state index contributed by atoms with van der Waals surface area (Å²) in [7, 11) is 0. The summed E-state index contributed by atoms with van der Waals surface area (Å²) in [4.78, 5) is 11.7. The number of amides is 1. The maximum Gasteiger partial charge on any atom is 0.407 e. The molecular weight excluding hydrogens is 324 g/mol. The second-order valence-electron chi connectivity index (χ2n) is 6.54. The maximum atomic E-state index is 11.7. The Labute approximate surface area is 155 Å². The SMILES string of the molecule is O=C(NCC=Cc1ccc(C2CCNCC2)cc1)OCc1ccccc1. The van der Waals surface area contributed by atoms with Gasteiger partial charge in [-0.15, -0.1) is 0 Å². The first kappa shape index (κ1) is 18.2. The Morgan fingerprint density at radius 2 is 1.81 bits per heavy atom. The van der Waals surface area contributed by atoms with Crippen LogP contribution >= 0.6 is 0 Å². The number of nitrogens with one attached hydrogen (secondary N) is 2. The lowest BCUT2D eigenvalue weighted by molar-refractivity contribution is 0.141. The summed E-state index contributed by atoms with van der Waals surface area (Å²) in [5, 5.41) is 6.13. The van der Waals surface area contributed by atoms with Crippen molar-refractivity contribution in [3.63, 3.8) is 0 Å². The minimum atomic E-state index is -0.403. The van der Waals surface area contributed by atoms with Crippen LogP contribution in [0.1, 0.15) is 35.4 Å². The van der Waals surface area contributed by atoms with Crippen LogP contribution in [0.4, 0.5) is 4.79 Å². The van der Waals surface area contributed by atoms with E-state index in [0.717, 1.165) is 24.2 Å². The van der Waals surface area contributed by atoms with E-state index in [9.17, 15) is 4.79 Å². The number of benzene rings is 2. The lowest BCUT2D eigenvalue weighted by Gasteiger charge is -2.22. The van der Waals surface area contributed by atoms with Gasteiger partial charge in [0.1, 0.15) is 6.61 Å². The molecule has 26 heavy (non-hydrogen) atoms. The molecule has 2 aromatic rings. The lowest BCUT2D eigenvalue weighted by Crippen LogP contribution is -2.26. The van der Waals surface area contributed by atoms with Crippen molar-refractivity contribution >= 4 is 12.2 Å². The largest absolute Gasteiger partial charge is 0.445 e. The third-order valence-corrected chi connectivity index (χ3v) is 4.63. The quantitative estimate of drug-likeness (QED) is 0.825. The summed E-state index contributed by atoms with van der Waals surface area (Å²) in [5.41, 5.74) is 3.54. The summed E-state index contributed by atoms with van der Waals surface area (Å²) < 4.78 is 5.17. The molecule has 1 heterocycles. The summed E-state index contributed by atoms with van der Waals surface area (Å²) in [6, 6.07) is 18.4. The van der Waals surface area contributed by atoms with Gasteiger partial charge in [0.15, 0.2) is 0 Å². The smallest absolute Gasteiger partial charge is 0.407 e. The fourth-order valence-corrected chi connectivity index (χ4v) is 3.15. The molecule has 0 atom stereocenters. The van der Waals surface area contributed by atoms with Gasteiger partial charge in [-0.1, -0.05) is 66.7 Å². The van der Waals surface area contributed by atoms with Crippen molar-refractivity contribution in [1.29, 1.82) is 0 Å². The zero-order valence-corrected chi connectivity index (χ0v) is 15.0. The van der Waals surface area contributed by atoms with Crippen LogP contribution in [0.2, 0.25) is 0 Å². The molecule has 3 rings (SSSR count). The monoisotopic (exact) mass is 350 g/mol. The summed E-state index contributed by atoms with van der Waals surface area (Å²) in [6.45, 7) is 2.95. The second-order valence-corrected chi connectivity index (χ2v) is 6.54. The Kier molecular flexibility index (Phi) is 6.85. The molecule has 0 aromatic heterocycles. The van der Waals surface area contributed by atoms with Crippen LogP contribution in [0.25, 0.3) is 6.08 Å². The molecule has 2 aromatic carbocycles. The molecule has 0 unspecified atom stereocenters. The van der Waals surface area contributed by atoms with Crippen LogP contribution < -0.4 is 10.6 Å². The van der Waals surface area contributed by atoms with Gasteiger partial charge in [0.25, 0.3) is 0 Å². The minimum absolute atomic E-state index is 0.286. The third-order valence-electron chi connectivity index (χ3n) is 4.63. The van der Waals surface area contributed by atoms with Crippen molar-refractivity contribution in [3.05, 3.63) is 77.4 Å². The molecule has 1 aliphatic heterocycles. The average molecular weight is 350 g/mol. The van der Waals surface area contributed by atoms with Gasteiger partial charge in [-0.05, 0) is 48.5 Å². The molecule has 0 aliphatic carbocycles. The number of hydrogen-bond acceptors (Lipinski definition) is 3. The maximum absolute atomic E-state index is 11.7. The van der Waals surface area contributed by atoms with Crippen molar-refractivity contribution in [2.75, 3.05) is 19.6 Å². The number of hydrogen-bond donors (Lipinski definition) is 2. The van der Waals surface area contributed by atoms with Crippen LogP contribution in [0.5, 0.6) is 0 Å². The molecule has 0 radical (unpaired) electrons. The van der Waals surface area contributed by atoms with E-state index in [1.807, 2.05) is 42.5 Å². The minimum Gasteiger partial charge on any atom is -0.445 e. The van der Waals surface area contributed by atoms with Crippen LogP contribution in [-0.2, 0) is 11.3 Å². The predicted molar refractivity (Wildman–Crippen MR) is 105 cm³/mol. The average Bonchev–Trinajstić information content (AvgIpc) is 2.71. The van der Waals surface area contributed by atoms with Crippen LogP contribution in [0.3, 0.4) is 0 Å². The van der Waals surface area contributed by atoms with Gasteiger partial charge in [0, 0.05) is 6.54 Å². The number of carbonyl (C=O) groups excluding carboxylic acids is 1. The zero-order chi connectivity index (χ0) is 18.0. The van der Waals surface area contributed by atoms with Gasteiger partial charge in [-0.25, -0.2) is 4.79 Å². The van der Waals surface area contributed by atoms with Crippen molar-refractivity contribution in [2.24, 2.45) is 0 Å². The van der Waals surface area contributed by atoms with Crippen molar-refractivity contribution in [3.8, 4) is 0 Å². The molecule has 1 fully saturated rings. The molecule has 2 N–H and O–H groups in total. The Balaban J connectivity index is 1.38. The van der Waals surface area contributed by atoms with Gasteiger partial charge >= 0.3 is 6.09 Å².